The number of carbonyl (C=O) groups excluding carboxylic acids is 1. The quantitative estimate of drug-likeness (QED) is 0.634. The molecule has 4 nitrogen and oxygen atoms in total. The molecule has 0 saturated carbocycles. The molecule has 1 amide bonds. The van der Waals surface area contributed by atoms with Crippen LogP contribution in [-0.4, -0.2) is 10.9 Å². The molecule has 1 heterocycles. The lowest BCUT2D eigenvalue weighted by molar-refractivity contribution is -0.116. The maximum Gasteiger partial charge on any atom is 0.224 e. The predicted molar refractivity (Wildman–Crippen MR) is 103 cm³/mol. The summed E-state index contributed by atoms with van der Waals surface area (Å²) in [5, 5.41) is 2.91. The van der Waals surface area contributed by atoms with Crippen LogP contribution in [0.15, 0.2) is 57.6 Å². The van der Waals surface area contributed by atoms with Gasteiger partial charge in [0.1, 0.15) is 0 Å². The van der Waals surface area contributed by atoms with Gasteiger partial charge in [-0.15, -0.1) is 0 Å². The van der Waals surface area contributed by atoms with Crippen LogP contribution < -0.4 is 5.32 Å². The molecule has 128 valence electrons. The van der Waals surface area contributed by atoms with Crippen LogP contribution in [0.2, 0.25) is 0 Å². The van der Waals surface area contributed by atoms with Crippen LogP contribution in [0.1, 0.15) is 23.4 Å². The Morgan fingerprint density at radius 3 is 2.76 bits per heavy atom. The largest absolute Gasteiger partial charge is 0.441 e. The molecule has 0 fully saturated rings. The number of halogens is 1. The number of nitrogens with one attached hydrogen (secondary N) is 1. The highest BCUT2D eigenvalue weighted by atomic mass is 79.9. The number of anilines is 1. The molecule has 0 saturated heterocycles. The maximum absolute atomic E-state index is 12.1. The van der Waals surface area contributed by atoms with Gasteiger partial charge in [0.2, 0.25) is 5.91 Å². The number of rotatable bonds is 5. The first-order chi connectivity index (χ1) is 12.0. The van der Waals surface area contributed by atoms with Gasteiger partial charge in [-0.1, -0.05) is 34.1 Å². The average Bonchev–Trinajstić information content (AvgIpc) is 3.05. The van der Waals surface area contributed by atoms with E-state index in [1.54, 1.807) is 6.20 Å². The molecule has 2 aromatic carbocycles. The van der Waals surface area contributed by atoms with Crippen molar-refractivity contribution in [1.29, 1.82) is 0 Å². The van der Waals surface area contributed by atoms with Crippen molar-refractivity contribution in [3.8, 4) is 11.3 Å². The third-order valence-electron chi connectivity index (χ3n) is 4.02. The van der Waals surface area contributed by atoms with Crippen LogP contribution in [0.4, 0.5) is 5.69 Å². The highest BCUT2D eigenvalue weighted by Crippen LogP contribution is 2.24. The highest BCUT2D eigenvalue weighted by molar-refractivity contribution is 9.10. The molecule has 0 bridgehead atoms. The second-order valence-electron chi connectivity index (χ2n) is 5.98. The first-order valence-electron chi connectivity index (χ1n) is 8.09. The van der Waals surface area contributed by atoms with E-state index in [-0.39, 0.29) is 5.91 Å². The molecule has 0 aliphatic heterocycles. The molecule has 25 heavy (non-hydrogen) atoms. The highest BCUT2D eigenvalue weighted by Gasteiger charge is 2.10. The summed E-state index contributed by atoms with van der Waals surface area (Å²) in [6, 6.07) is 13.7. The van der Waals surface area contributed by atoms with E-state index in [0.29, 0.717) is 24.5 Å². The predicted octanol–water partition coefficient (Wildman–Crippen LogP) is 5.29. The van der Waals surface area contributed by atoms with Gasteiger partial charge in [-0.2, -0.15) is 0 Å². The average molecular weight is 399 g/mol. The summed E-state index contributed by atoms with van der Waals surface area (Å²) < 4.78 is 6.73. The second kappa shape index (κ2) is 7.66. The molecular formula is C20H19BrN2O2. The van der Waals surface area contributed by atoms with E-state index >= 15 is 0 Å². The van der Waals surface area contributed by atoms with Crippen LogP contribution in [0.25, 0.3) is 11.3 Å². The third-order valence-corrected chi connectivity index (χ3v) is 4.51. The smallest absolute Gasteiger partial charge is 0.224 e. The van der Waals surface area contributed by atoms with Crippen molar-refractivity contribution in [2.24, 2.45) is 0 Å². The fourth-order valence-electron chi connectivity index (χ4n) is 2.46. The Balaban J connectivity index is 1.58. The molecule has 0 radical (unpaired) electrons. The third kappa shape index (κ3) is 4.57. The normalized spacial score (nSPS) is 10.7. The number of benzene rings is 2. The van der Waals surface area contributed by atoms with Crippen molar-refractivity contribution in [1.82, 2.24) is 4.98 Å². The molecular weight excluding hydrogens is 380 g/mol. The van der Waals surface area contributed by atoms with Crippen molar-refractivity contribution in [3.05, 3.63) is 70.2 Å². The zero-order valence-corrected chi connectivity index (χ0v) is 15.8. The molecule has 0 aliphatic rings. The zero-order chi connectivity index (χ0) is 17.8. The van der Waals surface area contributed by atoms with Crippen molar-refractivity contribution in [3.63, 3.8) is 0 Å². The summed E-state index contributed by atoms with van der Waals surface area (Å²) in [7, 11) is 0. The summed E-state index contributed by atoms with van der Waals surface area (Å²) in [6.45, 7) is 4.08. The van der Waals surface area contributed by atoms with Gasteiger partial charge in [-0.25, -0.2) is 4.98 Å². The molecule has 3 aromatic rings. The van der Waals surface area contributed by atoms with Gasteiger partial charge in [-0.3, -0.25) is 4.79 Å². The molecule has 5 heteroatoms. The Labute approximate surface area is 155 Å². The van der Waals surface area contributed by atoms with Gasteiger partial charge in [0.05, 0.1) is 6.20 Å². The minimum Gasteiger partial charge on any atom is -0.441 e. The van der Waals surface area contributed by atoms with Crippen LogP contribution in [0, 0.1) is 13.8 Å². The molecule has 0 unspecified atom stereocenters. The monoisotopic (exact) mass is 398 g/mol. The number of hydrogen-bond donors (Lipinski definition) is 1. The van der Waals surface area contributed by atoms with Crippen LogP contribution in [0.5, 0.6) is 0 Å². The van der Waals surface area contributed by atoms with E-state index in [1.807, 2.05) is 56.3 Å². The Kier molecular flexibility index (Phi) is 5.34. The van der Waals surface area contributed by atoms with Crippen molar-refractivity contribution in [2.45, 2.75) is 26.7 Å². The minimum atomic E-state index is -0.0505. The van der Waals surface area contributed by atoms with Gasteiger partial charge < -0.3 is 9.73 Å². The summed E-state index contributed by atoms with van der Waals surface area (Å²) in [4.78, 5) is 16.4. The standard InChI is InChI=1S/C20H19BrN2O2/c1-13-6-7-17(10-14(13)2)23-19(24)8-9-20-22-12-18(25-20)15-4-3-5-16(21)11-15/h3-7,10-12H,8-9H2,1-2H3,(H,23,24). The number of oxazole rings is 1. The van der Waals surface area contributed by atoms with Crippen molar-refractivity contribution in [2.75, 3.05) is 5.32 Å². The van der Waals surface area contributed by atoms with Crippen LogP contribution in [-0.2, 0) is 11.2 Å². The fourth-order valence-corrected chi connectivity index (χ4v) is 2.86. The molecule has 0 aliphatic carbocycles. The van der Waals surface area contributed by atoms with E-state index in [9.17, 15) is 4.79 Å². The number of nitrogens with zero attached hydrogens (tertiary/aromatic N) is 1. The summed E-state index contributed by atoms with van der Waals surface area (Å²) in [5.41, 5.74) is 4.13. The van der Waals surface area contributed by atoms with Gasteiger partial charge in [-0.05, 0) is 49.2 Å². The van der Waals surface area contributed by atoms with Gasteiger partial charge in [0, 0.05) is 28.6 Å². The van der Waals surface area contributed by atoms with Crippen LogP contribution in [0.3, 0.4) is 0 Å². The van der Waals surface area contributed by atoms with E-state index in [1.165, 1.54) is 5.56 Å². The van der Waals surface area contributed by atoms with Gasteiger partial charge in [0.15, 0.2) is 11.7 Å². The Hall–Kier alpha value is -2.40. The van der Waals surface area contributed by atoms with Crippen molar-refractivity contribution < 1.29 is 9.21 Å². The number of aryl methyl sites for hydroxylation is 3. The molecule has 0 atom stereocenters. The Bertz CT molecular complexity index is 902. The number of hydrogen-bond acceptors (Lipinski definition) is 3. The first-order valence-corrected chi connectivity index (χ1v) is 8.88. The minimum absolute atomic E-state index is 0.0505. The van der Waals surface area contributed by atoms with Gasteiger partial charge in [0.25, 0.3) is 0 Å². The van der Waals surface area contributed by atoms with E-state index in [4.69, 9.17) is 4.42 Å². The molecule has 0 spiro atoms. The van der Waals surface area contributed by atoms with E-state index in [0.717, 1.165) is 21.3 Å². The Morgan fingerprint density at radius 1 is 1.16 bits per heavy atom. The maximum atomic E-state index is 12.1. The van der Waals surface area contributed by atoms with E-state index < -0.39 is 0 Å². The van der Waals surface area contributed by atoms with Crippen molar-refractivity contribution >= 4 is 27.5 Å². The lowest BCUT2D eigenvalue weighted by Crippen LogP contribution is -2.12. The summed E-state index contributed by atoms with van der Waals surface area (Å²) >= 11 is 3.44. The second-order valence-corrected chi connectivity index (χ2v) is 6.89. The molecule has 1 aromatic heterocycles. The topological polar surface area (TPSA) is 55.1 Å². The summed E-state index contributed by atoms with van der Waals surface area (Å²) in [5.74, 6) is 1.21. The first kappa shape index (κ1) is 17.4. The number of amides is 1. The lowest BCUT2D eigenvalue weighted by Gasteiger charge is -2.07. The Morgan fingerprint density at radius 2 is 2.00 bits per heavy atom. The number of aromatic nitrogens is 1. The summed E-state index contributed by atoms with van der Waals surface area (Å²) in [6.07, 6.45) is 2.48. The lowest BCUT2D eigenvalue weighted by atomic mass is 10.1. The van der Waals surface area contributed by atoms with Crippen LogP contribution >= 0.6 is 15.9 Å². The number of carbonyl (C=O) groups is 1. The molecule has 1 N–H and O–H groups in total. The fraction of sp³-hybridized carbons (Fsp3) is 0.200. The zero-order valence-electron chi connectivity index (χ0n) is 14.2. The van der Waals surface area contributed by atoms with E-state index in [2.05, 4.69) is 26.2 Å². The SMILES string of the molecule is Cc1ccc(NC(=O)CCc2ncc(-c3cccc(Br)c3)o2)cc1C. The van der Waals surface area contributed by atoms with Gasteiger partial charge >= 0.3 is 0 Å². The molecule has 3 rings (SSSR count).